The molecule has 3 aromatic rings. The minimum Gasteiger partial charge on any atom is -0.367 e. The van der Waals surface area contributed by atoms with Crippen molar-refractivity contribution in [3.05, 3.63) is 78.0 Å². The Morgan fingerprint density at radius 2 is 1.81 bits per heavy atom. The maximum atomic E-state index is 13.1. The molecule has 2 heterocycles. The van der Waals surface area contributed by atoms with Gasteiger partial charge in [-0.1, -0.05) is 30.3 Å². The molecule has 168 valence electrons. The van der Waals surface area contributed by atoms with E-state index in [0.29, 0.717) is 36.6 Å². The molecular weight excluding hydrogens is 402 g/mol. The monoisotopic (exact) mass is 433 g/mol. The van der Waals surface area contributed by atoms with E-state index in [2.05, 4.69) is 15.6 Å². The Kier molecular flexibility index (Phi) is 6.47. The smallest absolute Gasteiger partial charge is 0.258 e. The lowest BCUT2D eigenvalue weighted by Gasteiger charge is -2.30. The lowest BCUT2D eigenvalue weighted by molar-refractivity contribution is 0.0949. The number of nitrogens with one attached hydrogen (secondary N) is 2. The van der Waals surface area contributed by atoms with E-state index in [0.717, 1.165) is 23.4 Å². The third kappa shape index (κ3) is 4.78. The van der Waals surface area contributed by atoms with Crippen LogP contribution in [0.15, 0.2) is 66.9 Å². The third-order valence-electron chi connectivity index (χ3n) is 5.38. The number of carbonyl (C=O) groups is 2. The summed E-state index contributed by atoms with van der Waals surface area (Å²) in [5.41, 5.74) is 3.84. The molecule has 2 aromatic carbocycles. The average Bonchev–Trinajstić information content (AvgIpc) is 2.83. The molecule has 1 aliphatic heterocycles. The van der Waals surface area contributed by atoms with E-state index in [1.165, 1.54) is 0 Å². The molecule has 0 bridgehead atoms. The number of anilines is 2. The molecule has 0 atom stereocenters. The first-order chi connectivity index (χ1) is 15.5. The number of benzene rings is 2. The zero-order chi connectivity index (χ0) is 22.5. The molecule has 0 aliphatic carbocycles. The highest BCUT2D eigenvalue weighted by atomic mass is 16.2. The summed E-state index contributed by atoms with van der Waals surface area (Å²) >= 11 is 0. The fraction of sp³-hybridized carbons (Fsp3) is 0.240. The van der Waals surface area contributed by atoms with Gasteiger partial charge in [0.1, 0.15) is 5.82 Å². The molecule has 0 unspecified atom stereocenters. The molecule has 0 saturated carbocycles. The maximum Gasteiger partial charge on any atom is 0.258 e. The summed E-state index contributed by atoms with van der Waals surface area (Å²) in [6.45, 7) is 2.60. The van der Waals surface area contributed by atoms with Crippen molar-refractivity contribution in [3.63, 3.8) is 0 Å². The van der Waals surface area contributed by atoms with Crippen molar-refractivity contribution < 1.29 is 12.4 Å². The molecule has 0 saturated heterocycles. The van der Waals surface area contributed by atoms with E-state index in [1.54, 1.807) is 11.1 Å². The molecule has 4 rings (SSSR count). The fourth-order valence-corrected chi connectivity index (χ4v) is 3.62. The molecule has 32 heavy (non-hydrogen) atoms. The number of rotatable bonds is 6. The first-order valence-electron chi connectivity index (χ1n) is 10.7. The molecule has 7 heteroatoms. The highest BCUT2D eigenvalue weighted by Crippen LogP contribution is 2.32. The zero-order valence-electron chi connectivity index (χ0n) is 18.3. The quantitative estimate of drug-likeness (QED) is 0.621. The van der Waals surface area contributed by atoms with E-state index < -0.39 is 0 Å². The standard InChI is InChI=1S/C25H27N5O2.2H2/c1-29(2)14-12-27-24(31)19-10-8-18(9-11-19)21-16-22-23(28-17-21)26-13-15-30(22)25(32)20-6-4-3-5-7-20;;/h3-11,16-17H,12-15H2,1-2H3,(H,26,28)(H,27,31);2*1H. The van der Waals surface area contributed by atoms with Crippen LogP contribution < -0.4 is 15.5 Å². The van der Waals surface area contributed by atoms with Gasteiger partial charge in [-0.15, -0.1) is 0 Å². The van der Waals surface area contributed by atoms with E-state index in [4.69, 9.17) is 0 Å². The molecule has 0 fully saturated rings. The fourth-order valence-electron chi connectivity index (χ4n) is 3.62. The van der Waals surface area contributed by atoms with Gasteiger partial charge in [-0.3, -0.25) is 9.59 Å². The topological polar surface area (TPSA) is 77.6 Å². The number of pyridine rings is 1. The van der Waals surface area contributed by atoms with Crippen molar-refractivity contribution in [1.82, 2.24) is 15.2 Å². The lowest BCUT2D eigenvalue weighted by Crippen LogP contribution is -2.39. The Morgan fingerprint density at radius 1 is 1.06 bits per heavy atom. The van der Waals surface area contributed by atoms with Gasteiger partial charge in [0.05, 0.1) is 5.69 Å². The van der Waals surface area contributed by atoms with E-state index in [9.17, 15) is 9.59 Å². The number of fused-ring (bicyclic) bond motifs is 1. The van der Waals surface area contributed by atoms with Gasteiger partial charge in [-0.2, -0.15) is 0 Å². The second-order valence-electron chi connectivity index (χ2n) is 7.98. The van der Waals surface area contributed by atoms with Gasteiger partial charge in [0, 0.05) is 51.9 Å². The van der Waals surface area contributed by atoms with Crippen molar-refractivity contribution in [2.24, 2.45) is 0 Å². The van der Waals surface area contributed by atoms with Crippen molar-refractivity contribution in [1.29, 1.82) is 0 Å². The molecule has 0 radical (unpaired) electrons. The van der Waals surface area contributed by atoms with Crippen LogP contribution in [0.5, 0.6) is 0 Å². The molecule has 2 amide bonds. The summed E-state index contributed by atoms with van der Waals surface area (Å²) in [7, 11) is 3.94. The summed E-state index contributed by atoms with van der Waals surface area (Å²) in [6, 6.07) is 18.7. The highest BCUT2D eigenvalue weighted by molar-refractivity contribution is 6.08. The predicted octanol–water partition coefficient (Wildman–Crippen LogP) is 3.60. The SMILES string of the molecule is CN(C)CCNC(=O)c1ccc(-c2cnc3c(c2)N(C(=O)c2ccccc2)CCN3)cc1.[HH].[HH]. The zero-order valence-corrected chi connectivity index (χ0v) is 18.3. The van der Waals surface area contributed by atoms with Gasteiger partial charge >= 0.3 is 0 Å². The first kappa shape index (κ1) is 21.5. The van der Waals surface area contributed by atoms with Crippen LogP contribution >= 0.6 is 0 Å². The van der Waals surface area contributed by atoms with Crippen LogP contribution in [0.25, 0.3) is 11.1 Å². The first-order valence-corrected chi connectivity index (χ1v) is 10.7. The summed E-state index contributed by atoms with van der Waals surface area (Å²) in [5, 5.41) is 6.19. The van der Waals surface area contributed by atoms with Gasteiger partial charge in [0.2, 0.25) is 0 Å². The molecule has 1 aromatic heterocycles. The normalized spacial score (nSPS) is 12.8. The van der Waals surface area contributed by atoms with Gasteiger partial charge in [-0.05, 0) is 50.0 Å². The van der Waals surface area contributed by atoms with Gasteiger partial charge < -0.3 is 20.4 Å². The predicted molar refractivity (Wildman–Crippen MR) is 131 cm³/mol. The second-order valence-corrected chi connectivity index (χ2v) is 7.98. The van der Waals surface area contributed by atoms with Crippen LogP contribution in [-0.2, 0) is 0 Å². The van der Waals surface area contributed by atoms with Crippen LogP contribution in [0.4, 0.5) is 11.5 Å². The summed E-state index contributed by atoms with van der Waals surface area (Å²) in [6.07, 6.45) is 1.79. The van der Waals surface area contributed by atoms with Crippen LogP contribution in [0.1, 0.15) is 23.6 Å². The van der Waals surface area contributed by atoms with Crippen LogP contribution in [0.3, 0.4) is 0 Å². The highest BCUT2D eigenvalue weighted by Gasteiger charge is 2.25. The van der Waals surface area contributed by atoms with Crippen molar-refractivity contribution in [3.8, 4) is 11.1 Å². The van der Waals surface area contributed by atoms with E-state index in [-0.39, 0.29) is 14.7 Å². The third-order valence-corrected chi connectivity index (χ3v) is 5.38. The molecule has 0 spiro atoms. The molecule has 1 aliphatic rings. The van der Waals surface area contributed by atoms with Crippen molar-refractivity contribution in [2.75, 3.05) is 50.5 Å². The number of nitrogens with zero attached hydrogens (tertiary/aromatic N) is 3. The number of aromatic nitrogens is 1. The number of carbonyl (C=O) groups excluding carboxylic acids is 2. The van der Waals surface area contributed by atoms with Crippen LogP contribution in [0, 0.1) is 0 Å². The molecule has 2 N–H and O–H groups in total. The lowest BCUT2D eigenvalue weighted by atomic mass is 10.0. The Balaban J connectivity index is 0.00000204. The van der Waals surface area contributed by atoms with Crippen LogP contribution in [-0.4, -0.2) is 62.0 Å². The number of hydrogen-bond donors (Lipinski definition) is 2. The minimum absolute atomic E-state index is 0. The molecular formula is C25H31N5O2. The summed E-state index contributed by atoms with van der Waals surface area (Å²) < 4.78 is 0. The van der Waals surface area contributed by atoms with Crippen LogP contribution in [0.2, 0.25) is 0 Å². The second kappa shape index (κ2) is 9.62. The largest absolute Gasteiger partial charge is 0.367 e. The van der Waals surface area contributed by atoms with Gasteiger partial charge in [0.15, 0.2) is 0 Å². The number of likely N-dealkylation sites (N-methyl/N-ethyl adjacent to an activating group) is 1. The van der Waals surface area contributed by atoms with Crippen molar-refractivity contribution >= 4 is 23.3 Å². The number of amides is 2. The van der Waals surface area contributed by atoms with Crippen molar-refractivity contribution in [2.45, 2.75) is 0 Å². The Hall–Kier alpha value is -3.71. The van der Waals surface area contributed by atoms with E-state index in [1.807, 2.05) is 79.7 Å². The summed E-state index contributed by atoms with van der Waals surface area (Å²) in [5.74, 6) is 0.559. The Morgan fingerprint density at radius 3 is 2.53 bits per heavy atom. The summed E-state index contributed by atoms with van der Waals surface area (Å²) in [4.78, 5) is 33.7. The molecule has 7 nitrogen and oxygen atoms in total. The minimum atomic E-state index is -0.0919. The van der Waals surface area contributed by atoms with Gasteiger partial charge in [0.25, 0.3) is 11.8 Å². The van der Waals surface area contributed by atoms with E-state index >= 15 is 0 Å². The Bertz CT molecular complexity index is 1110. The average molecular weight is 434 g/mol. The maximum absolute atomic E-state index is 13.1. The number of hydrogen-bond acceptors (Lipinski definition) is 5. The van der Waals surface area contributed by atoms with Gasteiger partial charge in [-0.25, -0.2) is 4.98 Å². The Labute approximate surface area is 191 Å².